The lowest BCUT2D eigenvalue weighted by Gasteiger charge is -2.26. The first-order chi connectivity index (χ1) is 28.5. The Morgan fingerprint density at radius 1 is 0.379 bits per heavy atom. The summed E-state index contributed by atoms with van der Waals surface area (Å²) in [5.41, 5.74) is 16.8. The van der Waals surface area contributed by atoms with Crippen molar-refractivity contribution in [3.63, 3.8) is 0 Å². The lowest BCUT2D eigenvalue weighted by molar-refractivity contribution is 0.660. The highest BCUT2D eigenvalue weighted by atomic mass is 16.3. The molecule has 0 aliphatic heterocycles. The number of rotatable bonds is 5. The van der Waals surface area contributed by atoms with Crippen LogP contribution in [0.3, 0.4) is 0 Å². The van der Waals surface area contributed by atoms with Crippen LogP contribution in [0.4, 0.5) is 17.1 Å². The molecule has 0 saturated heterocycles. The summed E-state index contributed by atoms with van der Waals surface area (Å²) >= 11 is 0. The number of hydrogen-bond acceptors (Lipinski definition) is 3. The summed E-state index contributed by atoms with van der Waals surface area (Å²) in [7, 11) is 0. The van der Waals surface area contributed by atoms with E-state index in [1.165, 1.54) is 38.8 Å². The van der Waals surface area contributed by atoms with Crippen molar-refractivity contribution in [2.24, 2.45) is 0 Å². The molecule has 0 bridgehead atoms. The first-order valence-electron chi connectivity index (χ1n) is 20.0. The third-order valence-electron chi connectivity index (χ3n) is 12.5. The van der Waals surface area contributed by atoms with Crippen molar-refractivity contribution in [2.75, 3.05) is 4.90 Å². The summed E-state index contributed by atoms with van der Waals surface area (Å²) in [6.07, 6.45) is 0. The van der Waals surface area contributed by atoms with Gasteiger partial charge in [0.05, 0.1) is 11.1 Å². The van der Waals surface area contributed by atoms with E-state index in [-0.39, 0.29) is 5.41 Å². The van der Waals surface area contributed by atoms with Gasteiger partial charge in [-0.25, -0.2) is 0 Å². The summed E-state index contributed by atoms with van der Waals surface area (Å²) in [6, 6.07) is 67.5. The van der Waals surface area contributed by atoms with E-state index < -0.39 is 0 Å². The topological polar surface area (TPSA) is 29.5 Å². The molecule has 274 valence electrons. The van der Waals surface area contributed by atoms with Crippen LogP contribution in [-0.4, -0.2) is 0 Å². The van der Waals surface area contributed by atoms with E-state index in [2.05, 4.69) is 195 Å². The number of furan rings is 2. The molecule has 0 atom stereocenters. The Morgan fingerprint density at radius 3 is 1.91 bits per heavy atom. The maximum atomic E-state index is 6.80. The molecule has 3 nitrogen and oxygen atoms in total. The molecule has 0 N–H and O–H groups in total. The monoisotopic (exact) mass is 743 g/mol. The van der Waals surface area contributed by atoms with Crippen molar-refractivity contribution in [2.45, 2.75) is 19.3 Å². The van der Waals surface area contributed by atoms with Gasteiger partial charge in [-0.15, -0.1) is 0 Å². The number of hydrogen-bond donors (Lipinski definition) is 0. The quantitative estimate of drug-likeness (QED) is 0.176. The first kappa shape index (κ1) is 32.8. The highest BCUT2D eigenvalue weighted by Gasteiger charge is 2.35. The van der Waals surface area contributed by atoms with Crippen molar-refractivity contribution in [3.05, 3.63) is 199 Å². The Kier molecular flexibility index (Phi) is 6.98. The fraction of sp³-hybridized carbons (Fsp3) is 0.0545. The van der Waals surface area contributed by atoms with Gasteiger partial charge in [-0.1, -0.05) is 135 Å². The van der Waals surface area contributed by atoms with Crippen LogP contribution in [0.2, 0.25) is 0 Å². The molecule has 58 heavy (non-hydrogen) atoms. The second kappa shape index (κ2) is 12.3. The van der Waals surface area contributed by atoms with Crippen molar-refractivity contribution in [3.8, 4) is 33.4 Å². The van der Waals surface area contributed by atoms with E-state index >= 15 is 0 Å². The third-order valence-corrected chi connectivity index (χ3v) is 12.5. The second-order valence-corrected chi connectivity index (χ2v) is 16.1. The van der Waals surface area contributed by atoms with Crippen molar-refractivity contribution >= 4 is 71.7 Å². The molecule has 3 heteroatoms. The largest absolute Gasteiger partial charge is 0.456 e. The molecule has 9 aromatic carbocycles. The Bertz CT molecular complexity index is 3420. The van der Waals surface area contributed by atoms with Gasteiger partial charge in [0.1, 0.15) is 22.3 Å². The third kappa shape index (κ3) is 4.80. The SMILES string of the molecule is CC1(C)c2ccccc2-c2ccc(-c3cc4c5ccc(-c6ccc(N(c7ccccc7)c7cccc8oc9ccccc9c78)cc6)cc5oc4c4ccccc34)cc21. The number of anilines is 3. The molecule has 1 aliphatic rings. The van der Waals surface area contributed by atoms with Crippen LogP contribution in [0.25, 0.3) is 88.0 Å². The molecule has 2 heterocycles. The predicted molar refractivity (Wildman–Crippen MR) is 242 cm³/mol. The normalized spacial score (nSPS) is 13.1. The van der Waals surface area contributed by atoms with Crippen molar-refractivity contribution in [1.29, 1.82) is 0 Å². The number of para-hydroxylation sites is 2. The van der Waals surface area contributed by atoms with Gasteiger partial charge in [-0.3, -0.25) is 0 Å². The predicted octanol–water partition coefficient (Wildman–Crippen LogP) is 15.7. The van der Waals surface area contributed by atoms with Crippen LogP contribution in [0.1, 0.15) is 25.0 Å². The fourth-order valence-electron chi connectivity index (χ4n) is 9.64. The smallest absolute Gasteiger partial charge is 0.143 e. The van der Waals surface area contributed by atoms with Gasteiger partial charge in [0.25, 0.3) is 0 Å². The molecule has 2 aromatic heterocycles. The molecule has 0 saturated carbocycles. The van der Waals surface area contributed by atoms with E-state index in [1.54, 1.807) is 0 Å². The second-order valence-electron chi connectivity index (χ2n) is 16.1. The molecule has 11 aromatic rings. The summed E-state index contributed by atoms with van der Waals surface area (Å²) < 4.78 is 13.1. The van der Waals surface area contributed by atoms with Crippen LogP contribution in [0.5, 0.6) is 0 Å². The van der Waals surface area contributed by atoms with Gasteiger partial charge in [-0.05, 0) is 117 Å². The molecular formula is C55H37NO2. The Balaban J connectivity index is 0.954. The van der Waals surface area contributed by atoms with Gasteiger partial charge in [-0.2, -0.15) is 0 Å². The Hall–Kier alpha value is -7.36. The molecule has 0 spiro atoms. The van der Waals surface area contributed by atoms with E-state index in [0.717, 1.165) is 77.5 Å². The van der Waals surface area contributed by atoms with Crippen LogP contribution < -0.4 is 4.90 Å². The van der Waals surface area contributed by atoms with E-state index in [9.17, 15) is 0 Å². The summed E-state index contributed by atoms with van der Waals surface area (Å²) in [5, 5.41) is 6.77. The average molecular weight is 744 g/mol. The Morgan fingerprint density at radius 2 is 1.05 bits per heavy atom. The van der Waals surface area contributed by atoms with Crippen LogP contribution in [0, 0.1) is 0 Å². The number of benzene rings is 9. The zero-order valence-electron chi connectivity index (χ0n) is 32.2. The van der Waals surface area contributed by atoms with Gasteiger partial charge in [0, 0.05) is 38.3 Å². The molecular weight excluding hydrogens is 707 g/mol. The Labute approximate surface area is 336 Å². The molecule has 0 radical (unpaired) electrons. The van der Waals surface area contributed by atoms with Crippen molar-refractivity contribution < 1.29 is 8.83 Å². The van der Waals surface area contributed by atoms with E-state index in [1.807, 2.05) is 12.1 Å². The van der Waals surface area contributed by atoms with Crippen LogP contribution in [0.15, 0.2) is 197 Å². The highest BCUT2D eigenvalue weighted by Crippen LogP contribution is 2.51. The molecule has 1 aliphatic carbocycles. The van der Waals surface area contributed by atoms with Gasteiger partial charge >= 0.3 is 0 Å². The first-order valence-corrected chi connectivity index (χ1v) is 20.0. The molecule has 12 rings (SSSR count). The highest BCUT2D eigenvalue weighted by molar-refractivity contribution is 6.19. The minimum Gasteiger partial charge on any atom is -0.456 e. The number of fused-ring (bicyclic) bond motifs is 11. The molecule has 0 unspecified atom stereocenters. The standard InChI is InChI=1S/C55H37NO2/c1-55(2)47-19-10-8-16-40(47)41-29-26-36(31-48(41)55)45-33-46-42-30-25-35(32-52(42)58-54(46)43-17-7-6-15-39(43)45)34-23-27-38(28-24-34)56(37-13-4-3-5-14-37)49-20-12-22-51-53(49)44-18-9-11-21-50(44)57-51/h3-33H,1-2H3. The maximum Gasteiger partial charge on any atom is 0.143 e. The van der Waals surface area contributed by atoms with Crippen molar-refractivity contribution in [1.82, 2.24) is 0 Å². The molecule has 0 amide bonds. The zero-order valence-corrected chi connectivity index (χ0v) is 32.2. The summed E-state index contributed by atoms with van der Waals surface area (Å²) in [5.74, 6) is 0. The van der Waals surface area contributed by atoms with E-state index in [4.69, 9.17) is 8.83 Å². The molecule has 0 fully saturated rings. The number of nitrogens with zero attached hydrogens (tertiary/aromatic N) is 1. The van der Waals surface area contributed by atoms with E-state index in [0.29, 0.717) is 0 Å². The van der Waals surface area contributed by atoms with Gasteiger partial charge in [0.15, 0.2) is 0 Å². The minimum atomic E-state index is -0.0681. The fourth-order valence-corrected chi connectivity index (χ4v) is 9.64. The lowest BCUT2D eigenvalue weighted by Crippen LogP contribution is -2.14. The summed E-state index contributed by atoms with van der Waals surface area (Å²) in [6.45, 7) is 4.69. The van der Waals surface area contributed by atoms with Gasteiger partial charge in [0.2, 0.25) is 0 Å². The van der Waals surface area contributed by atoms with Crippen LogP contribution >= 0.6 is 0 Å². The van der Waals surface area contributed by atoms with Gasteiger partial charge < -0.3 is 13.7 Å². The average Bonchev–Trinajstić information content (AvgIpc) is 3.92. The summed E-state index contributed by atoms with van der Waals surface area (Å²) in [4.78, 5) is 2.32. The minimum absolute atomic E-state index is 0.0681. The maximum absolute atomic E-state index is 6.80. The lowest BCUT2D eigenvalue weighted by atomic mass is 9.81. The zero-order chi connectivity index (χ0) is 38.5. The van der Waals surface area contributed by atoms with Crippen LogP contribution in [-0.2, 0) is 5.41 Å².